The lowest BCUT2D eigenvalue weighted by Crippen LogP contribution is -2.17. The molecule has 14 heteroatoms. The maximum absolute atomic E-state index is 12.2. The second-order valence-corrected chi connectivity index (χ2v) is 6.79. The van der Waals surface area contributed by atoms with Crippen LogP contribution in [0, 0.1) is 6.92 Å². The molecule has 2 N–H and O–H groups in total. The number of alkyl halides is 3. The van der Waals surface area contributed by atoms with Crippen LogP contribution < -0.4 is 10.1 Å². The van der Waals surface area contributed by atoms with Gasteiger partial charge in [-0.1, -0.05) is 16.6 Å². The normalized spacial score (nSPS) is 11.0. The number of benzene rings is 1. The predicted octanol–water partition coefficient (Wildman–Crippen LogP) is 4.86. The highest BCUT2D eigenvalue weighted by molar-refractivity contribution is 7.93. The average molecular weight is 494 g/mol. The molecule has 1 aromatic carbocycles. The van der Waals surface area contributed by atoms with Gasteiger partial charge >= 0.3 is 6.36 Å². The molecule has 9 nitrogen and oxygen atoms in total. The molecule has 0 bridgehead atoms. The van der Waals surface area contributed by atoms with Gasteiger partial charge < -0.3 is 10.1 Å². The smallest absolute Gasteiger partial charge is 0.406 e. The largest absolute Gasteiger partial charge is 0.573 e. The Balaban J connectivity index is 0.000000654. The van der Waals surface area contributed by atoms with Crippen LogP contribution in [0.5, 0.6) is 5.75 Å². The lowest BCUT2D eigenvalue weighted by Gasteiger charge is -2.09. The van der Waals surface area contributed by atoms with E-state index in [1.54, 1.807) is 30.3 Å². The van der Waals surface area contributed by atoms with E-state index < -0.39 is 6.36 Å². The van der Waals surface area contributed by atoms with Gasteiger partial charge in [-0.3, -0.25) is 0 Å². The molecule has 0 atom stereocenters. The van der Waals surface area contributed by atoms with Crippen molar-refractivity contribution in [1.82, 2.24) is 19.7 Å². The van der Waals surface area contributed by atoms with Gasteiger partial charge in [0.2, 0.25) is 0 Å². The average Bonchev–Trinajstić information content (AvgIpc) is 3.20. The van der Waals surface area contributed by atoms with Crippen LogP contribution in [0.15, 0.2) is 43.0 Å². The lowest BCUT2D eigenvalue weighted by atomic mass is 10.2. The Labute approximate surface area is 190 Å². The van der Waals surface area contributed by atoms with Crippen molar-refractivity contribution >= 4 is 29.5 Å². The van der Waals surface area contributed by atoms with Crippen LogP contribution in [0.2, 0.25) is 5.02 Å². The molecule has 0 aliphatic rings. The van der Waals surface area contributed by atoms with Gasteiger partial charge in [0.05, 0.1) is 17.6 Å². The summed E-state index contributed by atoms with van der Waals surface area (Å²) in [6.07, 6.45) is 2.50. The van der Waals surface area contributed by atoms with Gasteiger partial charge in [0.1, 0.15) is 22.9 Å². The number of aryl methyl sites for hydroxylation is 1. The first-order valence-electron chi connectivity index (χ1n) is 8.85. The predicted molar refractivity (Wildman–Crippen MR) is 113 cm³/mol. The van der Waals surface area contributed by atoms with Crippen molar-refractivity contribution < 1.29 is 32.5 Å². The number of aromatic nitrogens is 4. The first-order valence-corrected chi connectivity index (χ1v) is 10.4. The first-order chi connectivity index (χ1) is 15.2. The quantitative estimate of drug-likeness (QED) is 0.258. The number of ether oxygens (including phenoxy) is 1. The van der Waals surface area contributed by atoms with Gasteiger partial charge in [0, 0.05) is 31.0 Å². The molecule has 3 rings (SSSR count). The summed E-state index contributed by atoms with van der Waals surface area (Å²) in [7, 11) is 0. The standard InChI is InChI=1S/C17H15ClF3N5O.CH4O3S/c1-11-15(18)16(24-10-23-11)22-7-6-12-8-25-26(9-12)13-2-4-14(5-3-13)27-17(19,20)21;1-5-4-3-2/h2-5,8-10H,6-7H2,1H3,(H,22,23,24);2H,1H3. The molecule has 0 amide bonds. The third-order valence-corrected chi connectivity index (χ3v) is 4.39. The zero-order valence-corrected chi connectivity index (χ0v) is 18.4. The van der Waals surface area contributed by atoms with E-state index in [1.807, 2.05) is 0 Å². The molecule has 0 fully saturated rings. The van der Waals surface area contributed by atoms with E-state index in [-0.39, 0.29) is 5.75 Å². The van der Waals surface area contributed by atoms with Gasteiger partial charge in [-0.2, -0.15) is 5.10 Å². The molecule has 32 heavy (non-hydrogen) atoms. The molecule has 0 spiro atoms. The van der Waals surface area contributed by atoms with Crippen LogP contribution in [0.3, 0.4) is 0 Å². The third kappa shape index (κ3) is 8.51. The van der Waals surface area contributed by atoms with Crippen LogP contribution in [-0.2, 0) is 15.8 Å². The molecule has 3 aromatic rings. The molecule has 174 valence electrons. The SMILES string of the molecule is CSOOO.Cc1ncnc(NCCc2cnn(-c3ccc(OC(F)(F)F)cc3)c2)c1Cl. The number of hydrogen-bond acceptors (Lipinski definition) is 9. The van der Waals surface area contributed by atoms with Crippen molar-refractivity contribution in [2.75, 3.05) is 18.1 Å². The van der Waals surface area contributed by atoms with E-state index >= 15 is 0 Å². The van der Waals surface area contributed by atoms with E-state index in [0.29, 0.717) is 35.2 Å². The van der Waals surface area contributed by atoms with Gasteiger partial charge in [0.25, 0.3) is 0 Å². The molecule has 0 radical (unpaired) electrons. The highest BCUT2D eigenvalue weighted by Crippen LogP contribution is 2.24. The topological polar surface area (TPSA) is 104 Å². The van der Waals surface area contributed by atoms with Gasteiger partial charge in [0.15, 0.2) is 0 Å². The molecule has 0 saturated carbocycles. The Morgan fingerprint density at radius 1 is 1.22 bits per heavy atom. The Bertz CT molecular complexity index is 974. The van der Waals surface area contributed by atoms with E-state index in [9.17, 15) is 13.2 Å². The summed E-state index contributed by atoms with van der Waals surface area (Å²) in [5.41, 5.74) is 2.26. The van der Waals surface area contributed by atoms with E-state index in [1.165, 1.54) is 30.6 Å². The van der Waals surface area contributed by atoms with Crippen LogP contribution in [0.1, 0.15) is 11.3 Å². The molecule has 2 aromatic heterocycles. The Morgan fingerprint density at radius 2 is 1.94 bits per heavy atom. The van der Waals surface area contributed by atoms with Crippen molar-refractivity contribution in [3.05, 3.63) is 59.3 Å². The molecule has 0 unspecified atom stereocenters. The van der Waals surface area contributed by atoms with Gasteiger partial charge in [-0.25, -0.2) is 19.9 Å². The maximum atomic E-state index is 12.2. The summed E-state index contributed by atoms with van der Waals surface area (Å²) < 4.78 is 45.8. The molecular formula is C18H19ClF3N5O4S. The molecule has 0 saturated heterocycles. The zero-order chi connectivity index (χ0) is 23.6. The number of nitrogens with one attached hydrogen (secondary N) is 1. The number of rotatable bonds is 8. The zero-order valence-electron chi connectivity index (χ0n) is 16.8. The Morgan fingerprint density at radius 3 is 2.53 bits per heavy atom. The Hall–Kier alpha value is -2.58. The van der Waals surface area contributed by atoms with E-state index in [4.69, 9.17) is 16.9 Å². The summed E-state index contributed by atoms with van der Waals surface area (Å²) >= 11 is 7.06. The van der Waals surface area contributed by atoms with Crippen LogP contribution in [0.4, 0.5) is 19.0 Å². The fourth-order valence-electron chi connectivity index (χ4n) is 2.37. The number of halogens is 4. The molecule has 0 aliphatic carbocycles. The fourth-order valence-corrected chi connectivity index (χ4v) is 2.59. The summed E-state index contributed by atoms with van der Waals surface area (Å²) in [5.74, 6) is 0.289. The highest BCUT2D eigenvalue weighted by Gasteiger charge is 2.30. The summed E-state index contributed by atoms with van der Waals surface area (Å²) in [6, 6.07) is 5.48. The molecular weight excluding hydrogens is 475 g/mol. The van der Waals surface area contributed by atoms with Crippen LogP contribution in [0.25, 0.3) is 5.69 Å². The van der Waals surface area contributed by atoms with Crippen molar-refractivity contribution in [3.63, 3.8) is 0 Å². The van der Waals surface area contributed by atoms with Gasteiger partial charge in [-0.05, 0) is 43.2 Å². The minimum Gasteiger partial charge on any atom is -0.406 e. The van der Waals surface area contributed by atoms with Crippen molar-refractivity contribution in [1.29, 1.82) is 0 Å². The molecule has 2 heterocycles. The minimum atomic E-state index is -4.71. The number of anilines is 1. The van der Waals surface area contributed by atoms with Crippen molar-refractivity contribution in [2.45, 2.75) is 19.7 Å². The van der Waals surface area contributed by atoms with Crippen LogP contribution >= 0.6 is 23.6 Å². The second-order valence-electron chi connectivity index (χ2n) is 5.94. The summed E-state index contributed by atoms with van der Waals surface area (Å²) in [4.78, 5) is 8.09. The summed E-state index contributed by atoms with van der Waals surface area (Å²) in [5, 5.41) is 18.3. The van der Waals surface area contributed by atoms with E-state index in [0.717, 1.165) is 17.6 Å². The third-order valence-electron chi connectivity index (χ3n) is 3.74. The number of hydrogen-bond donors (Lipinski definition) is 2. The van der Waals surface area contributed by atoms with Gasteiger partial charge in [-0.15, -0.1) is 17.5 Å². The Kier molecular flexibility index (Phi) is 9.99. The minimum absolute atomic E-state index is 0.278. The first kappa shape index (κ1) is 25.7. The monoisotopic (exact) mass is 493 g/mol. The van der Waals surface area contributed by atoms with Crippen molar-refractivity contribution in [3.8, 4) is 11.4 Å². The van der Waals surface area contributed by atoms with E-state index in [2.05, 4.69) is 34.5 Å². The lowest BCUT2D eigenvalue weighted by molar-refractivity contribution is -0.432. The fraction of sp³-hybridized carbons (Fsp3) is 0.278. The highest BCUT2D eigenvalue weighted by atomic mass is 35.5. The molecule has 0 aliphatic heterocycles. The summed E-state index contributed by atoms with van der Waals surface area (Å²) in [6.45, 7) is 2.38. The van der Waals surface area contributed by atoms with Crippen LogP contribution in [-0.4, -0.2) is 44.2 Å². The second kappa shape index (κ2) is 12.5. The number of nitrogens with zero attached hydrogens (tertiary/aromatic N) is 4. The maximum Gasteiger partial charge on any atom is 0.573 e. The van der Waals surface area contributed by atoms with Crippen molar-refractivity contribution in [2.24, 2.45) is 0 Å².